The quantitative estimate of drug-likeness (QED) is 0.884. The number of carbonyl (C=O) groups is 2. The van der Waals surface area contributed by atoms with E-state index in [1.54, 1.807) is 24.3 Å². The van der Waals surface area contributed by atoms with Gasteiger partial charge >= 0.3 is 6.36 Å². The molecule has 2 aromatic rings. The first-order valence-corrected chi connectivity index (χ1v) is 7.37. The lowest BCUT2D eigenvalue weighted by atomic mass is 9.97. The van der Waals surface area contributed by atoms with Crippen LogP contribution in [0.25, 0.3) is 0 Å². The van der Waals surface area contributed by atoms with Crippen LogP contribution in [0.1, 0.15) is 17.9 Å². The van der Waals surface area contributed by atoms with Gasteiger partial charge < -0.3 is 15.4 Å². The van der Waals surface area contributed by atoms with Gasteiger partial charge in [0.05, 0.1) is 5.92 Å². The Morgan fingerprint density at radius 2 is 1.80 bits per heavy atom. The molecule has 1 aliphatic rings. The van der Waals surface area contributed by atoms with E-state index in [1.807, 2.05) is 0 Å². The van der Waals surface area contributed by atoms with Gasteiger partial charge in [-0.1, -0.05) is 18.2 Å². The van der Waals surface area contributed by atoms with Crippen molar-refractivity contribution in [2.75, 3.05) is 10.6 Å². The lowest BCUT2D eigenvalue weighted by Gasteiger charge is -2.11. The van der Waals surface area contributed by atoms with Crippen LogP contribution < -0.4 is 15.4 Å². The summed E-state index contributed by atoms with van der Waals surface area (Å²) in [6.07, 6.45) is -4.84. The number of rotatable bonds is 4. The van der Waals surface area contributed by atoms with E-state index in [0.29, 0.717) is 11.4 Å². The van der Waals surface area contributed by atoms with Gasteiger partial charge in [-0.15, -0.1) is 13.2 Å². The zero-order chi connectivity index (χ0) is 18.0. The average Bonchev–Trinajstić information content (AvgIpc) is 2.84. The number of anilines is 2. The topological polar surface area (TPSA) is 67.4 Å². The van der Waals surface area contributed by atoms with Gasteiger partial charge in [-0.05, 0) is 35.9 Å². The number of ether oxygens (including phenoxy) is 1. The summed E-state index contributed by atoms with van der Waals surface area (Å²) in [6, 6.07) is 11.9. The predicted molar refractivity (Wildman–Crippen MR) is 84.2 cm³/mol. The average molecular weight is 350 g/mol. The summed E-state index contributed by atoms with van der Waals surface area (Å²) >= 11 is 0. The van der Waals surface area contributed by atoms with Crippen LogP contribution in [0.5, 0.6) is 5.75 Å². The summed E-state index contributed by atoms with van der Waals surface area (Å²) in [5, 5.41) is 5.26. The maximum Gasteiger partial charge on any atom is 0.573 e. The first-order chi connectivity index (χ1) is 11.8. The third-order valence-electron chi connectivity index (χ3n) is 3.67. The Bertz CT molecular complexity index is 804. The molecule has 0 unspecified atom stereocenters. The van der Waals surface area contributed by atoms with Crippen LogP contribution in [0.4, 0.5) is 24.5 Å². The van der Waals surface area contributed by atoms with Crippen molar-refractivity contribution >= 4 is 23.2 Å². The number of hydrogen-bond acceptors (Lipinski definition) is 3. The van der Waals surface area contributed by atoms with E-state index in [1.165, 1.54) is 12.1 Å². The van der Waals surface area contributed by atoms with E-state index in [2.05, 4.69) is 15.4 Å². The molecule has 0 fully saturated rings. The number of para-hydroxylation sites is 1. The highest BCUT2D eigenvalue weighted by atomic mass is 19.4. The highest BCUT2D eigenvalue weighted by molar-refractivity contribution is 6.06. The molecule has 130 valence electrons. The largest absolute Gasteiger partial charge is 0.573 e. The molecule has 0 saturated heterocycles. The van der Waals surface area contributed by atoms with Crippen molar-refractivity contribution in [1.29, 1.82) is 0 Å². The predicted octanol–water partition coefficient (Wildman–Crippen LogP) is 3.65. The van der Waals surface area contributed by atoms with Gasteiger partial charge in [-0.3, -0.25) is 9.59 Å². The molecule has 2 amide bonds. The van der Waals surface area contributed by atoms with Gasteiger partial charge in [-0.2, -0.15) is 0 Å². The van der Waals surface area contributed by atoms with Gasteiger partial charge in [0.15, 0.2) is 0 Å². The molecule has 0 spiro atoms. The van der Waals surface area contributed by atoms with E-state index in [-0.39, 0.29) is 18.1 Å². The molecule has 0 bridgehead atoms. The molecule has 0 saturated carbocycles. The smallest absolute Gasteiger partial charge is 0.406 e. The maximum atomic E-state index is 12.1. The lowest BCUT2D eigenvalue weighted by Crippen LogP contribution is -2.20. The molecule has 2 aromatic carbocycles. The van der Waals surface area contributed by atoms with Crippen LogP contribution in [0, 0.1) is 0 Å². The molecule has 1 aliphatic heterocycles. The van der Waals surface area contributed by atoms with E-state index >= 15 is 0 Å². The highest BCUT2D eigenvalue weighted by Crippen LogP contribution is 2.34. The molecule has 8 heteroatoms. The Kier molecular flexibility index (Phi) is 4.35. The number of benzene rings is 2. The molecule has 2 N–H and O–H groups in total. The Labute approximate surface area is 140 Å². The minimum Gasteiger partial charge on any atom is -0.406 e. The van der Waals surface area contributed by atoms with Crippen LogP contribution in [-0.4, -0.2) is 18.2 Å². The fourth-order valence-corrected chi connectivity index (χ4v) is 2.62. The normalized spacial score (nSPS) is 16.1. The number of carbonyl (C=O) groups excluding carboxylic acids is 2. The number of amides is 2. The van der Waals surface area contributed by atoms with Crippen molar-refractivity contribution < 1.29 is 27.5 Å². The number of halogens is 3. The zero-order valence-electron chi connectivity index (χ0n) is 12.8. The van der Waals surface area contributed by atoms with Gasteiger partial charge in [0, 0.05) is 17.8 Å². The van der Waals surface area contributed by atoms with Gasteiger partial charge in [0.25, 0.3) is 0 Å². The Morgan fingerprint density at radius 1 is 1.12 bits per heavy atom. The summed E-state index contributed by atoms with van der Waals surface area (Å²) < 4.78 is 40.1. The van der Waals surface area contributed by atoms with Gasteiger partial charge in [0.2, 0.25) is 11.8 Å². The third-order valence-corrected chi connectivity index (χ3v) is 3.67. The van der Waals surface area contributed by atoms with Crippen LogP contribution in [0.2, 0.25) is 0 Å². The standard InChI is InChI=1S/C17H13F3N2O3/c18-17(19,20)25-11-7-5-10(6-8-11)21-15(23)9-13-12-3-1-2-4-14(12)22-16(13)24/h1-8,13H,9H2,(H,21,23)(H,22,24)/t13-/m0/s1. The minimum atomic E-state index is -4.77. The van der Waals surface area contributed by atoms with Gasteiger partial charge in [-0.25, -0.2) is 0 Å². The van der Waals surface area contributed by atoms with E-state index in [9.17, 15) is 22.8 Å². The van der Waals surface area contributed by atoms with Crippen molar-refractivity contribution in [3.05, 3.63) is 54.1 Å². The summed E-state index contributed by atoms with van der Waals surface area (Å²) in [5.74, 6) is -1.65. The number of fused-ring (bicyclic) bond motifs is 1. The van der Waals surface area contributed by atoms with Crippen LogP contribution in [0.3, 0.4) is 0 Å². The van der Waals surface area contributed by atoms with E-state index < -0.39 is 18.2 Å². The summed E-state index contributed by atoms with van der Waals surface area (Å²) in [6.45, 7) is 0. The number of hydrogen-bond donors (Lipinski definition) is 2. The molecule has 0 radical (unpaired) electrons. The second kappa shape index (κ2) is 6.46. The first-order valence-electron chi connectivity index (χ1n) is 7.37. The summed E-state index contributed by atoms with van der Waals surface area (Å²) in [4.78, 5) is 24.1. The molecular weight excluding hydrogens is 337 g/mol. The van der Waals surface area contributed by atoms with Crippen LogP contribution >= 0.6 is 0 Å². The van der Waals surface area contributed by atoms with Crippen molar-refractivity contribution in [1.82, 2.24) is 0 Å². The Hall–Kier alpha value is -3.03. The highest BCUT2D eigenvalue weighted by Gasteiger charge is 2.32. The molecule has 1 atom stereocenters. The van der Waals surface area contributed by atoms with E-state index in [4.69, 9.17) is 0 Å². The molecule has 0 aromatic heterocycles. The second-order valence-corrected chi connectivity index (χ2v) is 5.45. The van der Waals surface area contributed by atoms with Crippen molar-refractivity contribution in [3.63, 3.8) is 0 Å². The number of nitrogens with one attached hydrogen (secondary N) is 2. The Balaban J connectivity index is 1.62. The van der Waals surface area contributed by atoms with Crippen LogP contribution in [0.15, 0.2) is 48.5 Å². The fraction of sp³-hybridized carbons (Fsp3) is 0.176. The van der Waals surface area contributed by atoms with Crippen molar-refractivity contribution in [2.24, 2.45) is 0 Å². The molecular formula is C17H13F3N2O3. The minimum absolute atomic E-state index is 0.0658. The molecule has 1 heterocycles. The summed E-state index contributed by atoms with van der Waals surface area (Å²) in [5.41, 5.74) is 1.74. The van der Waals surface area contributed by atoms with Crippen molar-refractivity contribution in [3.8, 4) is 5.75 Å². The Morgan fingerprint density at radius 3 is 2.48 bits per heavy atom. The second-order valence-electron chi connectivity index (χ2n) is 5.45. The zero-order valence-corrected chi connectivity index (χ0v) is 12.8. The number of alkyl halides is 3. The lowest BCUT2D eigenvalue weighted by molar-refractivity contribution is -0.274. The molecule has 5 nitrogen and oxygen atoms in total. The van der Waals surface area contributed by atoms with E-state index in [0.717, 1.165) is 17.7 Å². The summed E-state index contributed by atoms with van der Waals surface area (Å²) in [7, 11) is 0. The third kappa shape index (κ3) is 4.09. The molecule has 0 aliphatic carbocycles. The maximum absolute atomic E-state index is 12.1. The molecule has 25 heavy (non-hydrogen) atoms. The van der Waals surface area contributed by atoms with Gasteiger partial charge in [0.1, 0.15) is 5.75 Å². The fourth-order valence-electron chi connectivity index (χ4n) is 2.62. The SMILES string of the molecule is O=C(C[C@@H]1C(=O)Nc2ccccc21)Nc1ccc(OC(F)(F)F)cc1. The first kappa shape index (κ1) is 16.8. The van der Waals surface area contributed by atoms with Crippen LogP contribution in [-0.2, 0) is 9.59 Å². The molecule has 3 rings (SSSR count). The monoisotopic (exact) mass is 350 g/mol. The van der Waals surface area contributed by atoms with Crippen molar-refractivity contribution in [2.45, 2.75) is 18.7 Å².